The minimum absolute atomic E-state index is 0.577. The number of hydrogen-bond donors (Lipinski definition) is 1. The van der Waals surface area contributed by atoms with Gasteiger partial charge in [0, 0.05) is 12.5 Å². The van der Waals surface area contributed by atoms with Crippen LogP contribution in [0.4, 0.5) is 5.82 Å². The summed E-state index contributed by atoms with van der Waals surface area (Å²) in [5, 5.41) is 3.24. The maximum absolute atomic E-state index is 5.92. The quantitative estimate of drug-likeness (QED) is 0.901. The molecule has 1 saturated carbocycles. The molecule has 1 aliphatic carbocycles. The topological polar surface area (TPSA) is 51.0 Å². The fourth-order valence-corrected chi connectivity index (χ4v) is 2.66. The van der Waals surface area contributed by atoms with Gasteiger partial charge in [-0.1, -0.05) is 6.92 Å². The van der Waals surface area contributed by atoms with Gasteiger partial charge in [0.2, 0.25) is 0 Å². The van der Waals surface area contributed by atoms with Gasteiger partial charge in [0.1, 0.15) is 11.6 Å². The maximum atomic E-state index is 5.92. The normalized spacial score (nSPS) is 21.0. The molecule has 2 unspecified atom stereocenters. The van der Waals surface area contributed by atoms with Crippen LogP contribution >= 0.6 is 15.9 Å². The van der Waals surface area contributed by atoms with E-state index < -0.39 is 0 Å². The lowest BCUT2D eigenvalue weighted by Gasteiger charge is -2.08. The van der Waals surface area contributed by atoms with E-state index in [1.807, 2.05) is 19.9 Å². The Hall–Kier alpha value is -1.36. The summed E-state index contributed by atoms with van der Waals surface area (Å²) in [6.07, 6.45) is 1.22. The highest BCUT2D eigenvalue weighted by Gasteiger charge is 2.36. The maximum Gasteiger partial charge on any atom is 0.197 e. The molecule has 0 aromatic carbocycles. The summed E-state index contributed by atoms with van der Waals surface area (Å²) in [5.74, 6) is 4.57. The Balaban J connectivity index is 1.95. The smallest absolute Gasteiger partial charge is 0.197 e. The van der Waals surface area contributed by atoms with E-state index in [1.165, 1.54) is 6.42 Å². The Morgan fingerprint density at radius 3 is 2.80 bits per heavy atom. The number of furan rings is 1. The monoisotopic (exact) mass is 335 g/mol. The van der Waals surface area contributed by atoms with Crippen LogP contribution in [-0.4, -0.2) is 16.5 Å². The first kappa shape index (κ1) is 13.6. The summed E-state index contributed by atoms with van der Waals surface area (Å²) >= 11 is 3.52. The molecule has 20 heavy (non-hydrogen) atoms. The number of halogens is 1. The zero-order valence-electron chi connectivity index (χ0n) is 11.9. The second-order valence-corrected chi connectivity index (χ2v) is 6.14. The molecule has 106 valence electrons. The van der Waals surface area contributed by atoms with Gasteiger partial charge in [-0.25, -0.2) is 9.97 Å². The van der Waals surface area contributed by atoms with Gasteiger partial charge in [-0.3, -0.25) is 0 Å². The SMILES string of the molecule is CCNc1nc(-c2ccc(C3CC3C)o2)nc(C)c1Br. The molecule has 0 spiro atoms. The molecule has 3 rings (SSSR count). The van der Waals surface area contributed by atoms with Crippen LogP contribution in [0.3, 0.4) is 0 Å². The van der Waals surface area contributed by atoms with Crippen molar-refractivity contribution in [1.82, 2.24) is 9.97 Å². The van der Waals surface area contributed by atoms with E-state index in [4.69, 9.17) is 4.42 Å². The van der Waals surface area contributed by atoms with Crippen LogP contribution in [0.15, 0.2) is 21.0 Å². The second kappa shape index (κ2) is 5.20. The molecule has 4 nitrogen and oxygen atoms in total. The summed E-state index contributed by atoms with van der Waals surface area (Å²) in [5.41, 5.74) is 0.906. The molecule has 2 aromatic heterocycles. The van der Waals surface area contributed by atoms with Crippen molar-refractivity contribution in [3.05, 3.63) is 28.1 Å². The molecule has 1 aliphatic rings. The molecule has 1 N–H and O–H groups in total. The third-order valence-electron chi connectivity index (χ3n) is 3.68. The summed E-state index contributed by atoms with van der Waals surface area (Å²) in [6.45, 7) is 7.07. The zero-order valence-corrected chi connectivity index (χ0v) is 13.5. The molecule has 2 aromatic rings. The third kappa shape index (κ3) is 2.46. The highest BCUT2D eigenvalue weighted by Crippen LogP contribution is 2.47. The van der Waals surface area contributed by atoms with Crippen LogP contribution in [0.1, 0.15) is 37.6 Å². The van der Waals surface area contributed by atoms with Gasteiger partial charge in [0.05, 0.1) is 10.2 Å². The third-order valence-corrected chi connectivity index (χ3v) is 4.63. The number of hydrogen-bond acceptors (Lipinski definition) is 4. The largest absolute Gasteiger partial charge is 0.457 e. The van der Waals surface area contributed by atoms with E-state index in [0.29, 0.717) is 11.7 Å². The minimum atomic E-state index is 0.577. The number of nitrogens with zero attached hydrogens (tertiary/aromatic N) is 2. The van der Waals surface area contributed by atoms with Gasteiger partial charge < -0.3 is 9.73 Å². The average molecular weight is 336 g/mol. The first-order chi connectivity index (χ1) is 9.60. The number of nitrogens with one attached hydrogen (secondary N) is 1. The van der Waals surface area contributed by atoms with E-state index in [1.54, 1.807) is 0 Å². The van der Waals surface area contributed by atoms with Crippen molar-refractivity contribution in [1.29, 1.82) is 0 Å². The van der Waals surface area contributed by atoms with Crippen LogP contribution in [-0.2, 0) is 0 Å². The fourth-order valence-electron chi connectivity index (χ4n) is 2.34. The molecule has 2 atom stereocenters. The Labute approximate surface area is 127 Å². The zero-order chi connectivity index (χ0) is 14.3. The summed E-state index contributed by atoms with van der Waals surface area (Å²) in [7, 11) is 0. The first-order valence-electron chi connectivity index (χ1n) is 6.98. The Morgan fingerprint density at radius 1 is 1.40 bits per heavy atom. The lowest BCUT2D eigenvalue weighted by molar-refractivity contribution is 0.515. The predicted molar refractivity (Wildman–Crippen MR) is 82.9 cm³/mol. The van der Waals surface area contributed by atoms with Crippen molar-refractivity contribution in [2.45, 2.75) is 33.1 Å². The second-order valence-electron chi connectivity index (χ2n) is 5.35. The Morgan fingerprint density at radius 2 is 2.15 bits per heavy atom. The average Bonchev–Trinajstić information content (AvgIpc) is 2.96. The van der Waals surface area contributed by atoms with Crippen molar-refractivity contribution < 1.29 is 4.42 Å². The number of aryl methyl sites for hydroxylation is 1. The molecule has 0 amide bonds. The minimum Gasteiger partial charge on any atom is -0.457 e. The summed E-state index contributed by atoms with van der Waals surface area (Å²) in [6, 6.07) is 4.02. The van der Waals surface area contributed by atoms with E-state index in [2.05, 4.69) is 44.2 Å². The van der Waals surface area contributed by atoms with Crippen molar-refractivity contribution >= 4 is 21.7 Å². The van der Waals surface area contributed by atoms with Gasteiger partial charge in [-0.05, 0) is 54.2 Å². The van der Waals surface area contributed by atoms with E-state index in [9.17, 15) is 0 Å². The van der Waals surface area contributed by atoms with Crippen molar-refractivity contribution in [2.75, 3.05) is 11.9 Å². The van der Waals surface area contributed by atoms with E-state index in [0.717, 1.165) is 40.0 Å². The number of rotatable bonds is 4. The van der Waals surface area contributed by atoms with Crippen molar-refractivity contribution in [3.63, 3.8) is 0 Å². The van der Waals surface area contributed by atoms with Gasteiger partial charge in [0.15, 0.2) is 11.6 Å². The van der Waals surface area contributed by atoms with Crippen LogP contribution < -0.4 is 5.32 Å². The van der Waals surface area contributed by atoms with Crippen LogP contribution in [0, 0.1) is 12.8 Å². The molecular formula is C15H18BrN3O. The highest BCUT2D eigenvalue weighted by atomic mass is 79.9. The Bertz CT molecular complexity index is 638. The van der Waals surface area contributed by atoms with Crippen LogP contribution in [0.25, 0.3) is 11.6 Å². The van der Waals surface area contributed by atoms with Crippen LogP contribution in [0.5, 0.6) is 0 Å². The van der Waals surface area contributed by atoms with Gasteiger partial charge in [-0.2, -0.15) is 0 Å². The van der Waals surface area contributed by atoms with Gasteiger partial charge in [0.25, 0.3) is 0 Å². The highest BCUT2D eigenvalue weighted by molar-refractivity contribution is 9.10. The first-order valence-corrected chi connectivity index (χ1v) is 7.77. The van der Waals surface area contributed by atoms with Crippen molar-refractivity contribution in [2.24, 2.45) is 5.92 Å². The van der Waals surface area contributed by atoms with E-state index in [-0.39, 0.29) is 0 Å². The van der Waals surface area contributed by atoms with Gasteiger partial charge >= 0.3 is 0 Å². The molecule has 0 bridgehead atoms. The number of aromatic nitrogens is 2. The van der Waals surface area contributed by atoms with Crippen LogP contribution in [0.2, 0.25) is 0 Å². The Kier molecular flexibility index (Phi) is 3.54. The standard InChI is InChI=1S/C15H18BrN3O/c1-4-17-15-13(16)9(3)18-14(19-15)12-6-5-11(20-12)10-7-8(10)2/h5-6,8,10H,4,7H2,1-3H3,(H,17,18,19). The van der Waals surface area contributed by atoms with Crippen molar-refractivity contribution in [3.8, 4) is 11.6 Å². The molecule has 0 aliphatic heterocycles. The molecule has 2 heterocycles. The van der Waals surface area contributed by atoms with E-state index >= 15 is 0 Å². The molecular weight excluding hydrogens is 318 g/mol. The molecule has 5 heteroatoms. The molecule has 0 saturated heterocycles. The molecule has 1 fully saturated rings. The summed E-state index contributed by atoms with van der Waals surface area (Å²) in [4.78, 5) is 9.05. The lowest BCUT2D eigenvalue weighted by Crippen LogP contribution is -2.04. The predicted octanol–water partition coefficient (Wildman–Crippen LogP) is 4.36. The van der Waals surface area contributed by atoms with Gasteiger partial charge in [-0.15, -0.1) is 0 Å². The lowest BCUT2D eigenvalue weighted by atomic mass is 10.3. The number of anilines is 1. The fraction of sp³-hybridized carbons (Fsp3) is 0.467. The summed E-state index contributed by atoms with van der Waals surface area (Å²) < 4.78 is 6.83. The molecule has 0 radical (unpaired) electrons.